The highest BCUT2D eigenvalue weighted by atomic mass is 32.2. The Bertz CT molecular complexity index is 583. The third-order valence-electron chi connectivity index (χ3n) is 3.49. The fraction of sp³-hybridized carbons (Fsp3) is 0.600. The number of benzene rings is 1. The molecule has 6 heteroatoms. The molecular weight excluding hydrogens is 288 g/mol. The largest absolute Gasteiger partial charge is 0.383 e. The van der Waals surface area contributed by atoms with Crippen molar-refractivity contribution in [3.63, 3.8) is 0 Å². The number of methoxy groups -OCH3 is 1. The number of aryl methyl sites for hydroxylation is 1. The summed E-state index contributed by atoms with van der Waals surface area (Å²) in [4.78, 5) is 0.348. The third-order valence-corrected chi connectivity index (χ3v) is 5.22. The van der Waals surface area contributed by atoms with Gasteiger partial charge < -0.3 is 10.1 Å². The summed E-state index contributed by atoms with van der Waals surface area (Å²) in [5.41, 5.74) is 1.74. The van der Waals surface area contributed by atoms with E-state index in [0.29, 0.717) is 24.1 Å². The summed E-state index contributed by atoms with van der Waals surface area (Å²) < 4.78 is 32.5. The molecule has 2 N–H and O–H groups in total. The van der Waals surface area contributed by atoms with Gasteiger partial charge in [0.15, 0.2) is 0 Å². The van der Waals surface area contributed by atoms with Crippen LogP contribution in [-0.4, -0.2) is 34.2 Å². The van der Waals surface area contributed by atoms with Crippen LogP contribution in [0.15, 0.2) is 23.1 Å². The van der Waals surface area contributed by atoms with Gasteiger partial charge in [0.05, 0.1) is 11.5 Å². The first kappa shape index (κ1) is 16.4. The Hall–Kier alpha value is -0.950. The Balaban J connectivity index is 2.13. The van der Waals surface area contributed by atoms with Gasteiger partial charge in [0.25, 0.3) is 0 Å². The molecule has 1 aromatic carbocycles. The molecule has 0 radical (unpaired) electrons. The molecule has 1 atom stereocenters. The zero-order valence-corrected chi connectivity index (χ0v) is 13.7. The Labute approximate surface area is 127 Å². The maximum Gasteiger partial charge on any atom is 0.241 e. The van der Waals surface area contributed by atoms with Crippen molar-refractivity contribution >= 4 is 10.0 Å². The molecule has 1 saturated carbocycles. The van der Waals surface area contributed by atoms with Crippen molar-refractivity contribution in [1.82, 2.24) is 10.0 Å². The van der Waals surface area contributed by atoms with Crippen molar-refractivity contribution in [2.75, 3.05) is 13.7 Å². The first-order chi connectivity index (χ1) is 9.92. The van der Waals surface area contributed by atoms with Gasteiger partial charge in [0.1, 0.15) is 0 Å². The lowest BCUT2D eigenvalue weighted by Crippen LogP contribution is -2.36. The minimum absolute atomic E-state index is 0.257. The number of sulfonamides is 1. The lowest BCUT2D eigenvalue weighted by molar-refractivity contribution is 0.180. The van der Waals surface area contributed by atoms with E-state index in [1.807, 2.05) is 19.1 Å². The molecule has 21 heavy (non-hydrogen) atoms. The fourth-order valence-electron chi connectivity index (χ4n) is 2.21. The molecule has 1 aromatic rings. The third kappa shape index (κ3) is 4.78. The molecule has 0 heterocycles. The topological polar surface area (TPSA) is 67.4 Å². The lowest BCUT2D eigenvalue weighted by atomic mass is 10.1. The summed E-state index contributed by atoms with van der Waals surface area (Å²) in [5, 5.41) is 3.40. The van der Waals surface area contributed by atoms with Crippen molar-refractivity contribution in [3.8, 4) is 0 Å². The Morgan fingerprint density at radius 2 is 2.10 bits per heavy atom. The molecular formula is C15H24N2O3S. The first-order valence-electron chi connectivity index (χ1n) is 7.26. The minimum Gasteiger partial charge on any atom is -0.383 e. The van der Waals surface area contributed by atoms with Crippen LogP contribution in [0, 0.1) is 6.92 Å². The van der Waals surface area contributed by atoms with Gasteiger partial charge in [-0.2, -0.15) is 0 Å². The molecule has 0 spiro atoms. The normalized spacial score (nSPS) is 16.9. The summed E-state index contributed by atoms with van der Waals surface area (Å²) in [6, 6.07) is 5.94. The van der Waals surface area contributed by atoms with E-state index in [9.17, 15) is 8.42 Å². The Morgan fingerprint density at radius 3 is 2.71 bits per heavy atom. The van der Waals surface area contributed by atoms with Crippen LogP contribution in [0.5, 0.6) is 0 Å². The van der Waals surface area contributed by atoms with Crippen LogP contribution in [0.25, 0.3) is 0 Å². The van der Waals surface area contributed by atoms with E-state index in [2.05, 4.69) is 10.0 Å². The molecule has 0 aliphatic heterocycles. The van der Waals surface area contributed by atoms with Gasteiger partial charge in [-0.05, 0) is 43.9 Å². The van der Waals surface area contributed by atoms with Crippen LogP contribution in [0.1, 0.15) is 30.9 Å². The second-order valence-corrected chi connectivity index (χ2v) is 7.42. The quantitative estimate of drug-likeness (QED) is 0.764. The van der Waals surface area contributed by atoms with Crippen LogP contribution >= 0.6 is 0 Å². The van der Waals surface area contributed by atoms with Gasteiger partial charge in [0, 0.05) is 25.7 Å². The zero-order chi connectivity index (χ0) is 15.5. The predicted octanol–water partition coefficient (Wildman–Crippen LogP) is 1.56. The van der Waals surface area contributed by atoms with E-state index in [-0.39, 0.29) is 6.04 Å². The second kappa shape index (κ2) is 6.87. The van der Waals surface area contributed by atoms with E-state index in [4.69, 9.17) is 4.74 Å². The monoisotopic (exact) mass is 312 g/mol. The molecule has 2 rings (SSSR count). The minimum atomic E-state index is -3.52. The number of hydrogen-bond acceptors (Lipinski definition) is 4. The summed E-state index contributed by atoms with van der Waals surface area (Å²) in [6.45, 7) is 4.66. The molecule has 5 nitrogen and oxygen atoms in total. The van der Waals surface area contributed by atoms with Gasteiger partial charge in [-0.3, -0.25) is 0 Å². The van der Waals surface area contributed by atoms with E-state index < -0.39 is 10.0 Å². The Morgan fingerprint density at radius 1 is 1.38 bits per heavy atom. The van der Waals surface area contributed by atoms with Crippen molar-refractivity contribution in [2.24, 2.45) is 0 Å². The van der Waals surface area contributed by atoms with E-state index in [1.165, 1.54) is 12.8 Å². The average Bonchev–Trinajstić information content (AvgIpc) is 3.21. The molecule has 1 fully saturated rings. The molecule has 1 aliphatic rings. The summed E-state index contributed by atoms with van der Waals surface area (Å²) in [6.07, 6.45) is 2.43. The molecule has 1 unspecified atom stereocenters. The van der Waals surface area contributed by atoms with E-state index >= 15 is 0 Å². The highest BCUT2D eigenvalue weighted by molar-refractivity contribution is 7.89. The molecule has 118 valence electrons. The smallest absolute Gasteiger partial charge is 0.241 e. The van der Waals surface area contributed by atoms with Crippen LogP contribution in [0.3, 0.4) is 0 Å². The zero-order valence-electron chi connectivity index (χ0n) is 12.8. The maximum atomic E-state index is 12.5. The maximum absolute atomic E-state index is 12.5. The summed E-state index contributed by atoms with van der Waals surface area (Å²) in [5.74, 6) is 0. The molecule has 0 amide bonds. The van der Waals surface area contributed by atoms with Crippen LogP contribution < -0.4 is 10.0 Å². The van der Waals surface area contributed by atoms with Gasteiger partial charge in [-0.1, -0.05) is 12.1 Å². The number of rotatable bonds is 8. The van der Waals surface area contributed by atoms with Gasteiger partial charge >= 0.3 is 0 Å². The van der Waals surface area contributed by atoms with Crippen LogP contribution in [-0.2, 0) is 21.3 Å². The summed E-state index contributed by atoms with van der Waals surface area (Å²) >= 11 is 0. The summed E-state index contributed by atoms with van der Waals surface area (Å²) in [7, 11) is -1.96. The van der Waals surface area contributed by atoms with Crippen LogP contribution in [0.4, 0.5) is 0 Å². The number of nitrogens with one attached hydrogen (secondary N) is 2. The fourth-order valence-corrected chi connectivity index (χ4v) is 3.73. The van der Waals surface area contributed by atoms with Gasteiger partial charge in [-0.25, -0.2) is 13.1 Å². The van der Waals surface area contributed by atoms with Crippen molar-refractivity contribution in [1.29, 1.82) is 0 Å². The van der Waals surface area contributed by atoms with Crippen LogP contribution in [0.2, 0.25) is 0 Å². The van der Waals surface area contributed by atoms with E-state index in [1.54, 1.807) is 20.1 Å². The van der Waals surface area contributed by atoms with Gasteiger partial charge in [-0.15, -0.1) is 0 Å². The van der Waals surface area contributed by atoms with E-state index in [0.717, 1.165) is 11.1 Å². The highest BCUT2D eigenvalue weighted by Crippen LogP contribution is 2.21. The second-order valence-electron chi connectivity index (χ2n) is 5.73. The standard InChI is InChI=1S/C15H24N2O3S/c1-11-4-5-13(9-16-14-6-7-14)8-15(11)21(18,19)17-12(2)10-20-3/h4-5,8,12,14,16-17H,6-7,9-10H2,1-3H3. The highest BCUT2D eigenvalue weighted by Gasteiger charge is 2.22. The molecule has 0 saturated heterocycles. The predicted molar refractivity (Wildman–Crippen MR) is 82.7 cm³/mol. The van der Waals surface area contributed by atoms with Crippen molar-refractivity contribution in [2.45, 2.75) is 50.2 Å². The first-order valence-corrected chi connectivity index (χ1v) is 8.75. The number of ether oxygens (including phenoxy) is 1. The van der Waals surface area contributed by atoms with Gasteiger partial charge in [0.2, 0.25) is 10.0 Å². The number of hydrogen-bond donors (Lipinski definition) is 2. The molecule has 0 aromatic heterocycles. The van der Waals surface area contributed by atoms with Crippen molar-refractivity contribution in [3.05, 3.63) is 29.3 Å². The van der Waals surface area contributed by atoms with Crippen molar-refractivity contribution < 1.29 is 13.2 Å². The lowest BCUT2D eigenvalue weighted by Gasteiger charge is -2.15. The molecule has 1 aliphatic carbocycles. The SMILES string of the molecule is COCC(C)NS(=O)(=O)c1cc(CNC2CC2)ccc1C. The molecule has 0 bridgehead atoms. The average molecular weight is 312 g/mol. The Kier molecular flexibility index (Phi) is 5.37.